The Balaban J connectivity index is 0.00000289. The number of halogens is 1. The lowest BCUT2D eigenvalue weighted by molar-refractivity contribution is 0.00394. The molecule has 0 unspecified atom stereocenters. The molecule has 188 valence electrons. The summed E-state index contributed by atoms with van der Waals surface area (Å²) in [6, 6.07) is 7.93. The predicted molar refractivity (Wildman–Crippen MR) is 136 cm³/mol. The van der Waals surface area contributed by atoms with Gasteiger partial charge >= 0.3 is 0 Å². The van der Waals surface area contributed by atoms with Crippen molar-refractivity contribution < 1.29 is 19.3 Å². The summed E-state index contributed by atoms with van der Waals surface area (Å²) in [4.78, 5) is 15.5. The van der Waals surface area contributed by atoms with Gasteiger partial charge in [-0.2, -0.15) is 0 Å². The number of nitrogens with zero attached hydrogens (tertiary/aromatic N) is 4. The lowest BCUT2D eigenvalue weighted by atomic mass is 9.81. The predicted octanol–water partition coefficient (Wildman–Crippen LogP) is 3.13. The first-order chi connectivity index (χ1) is 16.5. The molecule has 35 heavy (non-hydrogen) atoms. The van der Waals surface area contributed by atoms with Crippen molar-refractivity contribution in [1.82, 2.24) is 20.3 Å². The van der Waals surface area contributed by atoms with E-state index >= 15 is 0 Å². The molecule has 0 saturated heterocycles. The van der Waals surface area contributed by atoms with Crippen molar-refractivity contribution in [3.63, 3.8) is 0 Å². The lowest BCUT2D eigenvalue weighted by Gasteiger charge is -2.39. The molecule has 1 saturated carbocycles. The van der Waals surface area contributed by atoms with Crippen molar-refractivity contribution in [2.45, 2.75) is 43.9 Å². The van der Waals surface area contributed by atoms with Gasteiger partial charge in [-0.15, -0.1) is 12.4 Å². The maximum atomic E-state index is 11.3. The van der Waals surface area contributed by atoms with E-state index in [9.17, 15) is 5.11 Å². The van der Waals surface area contributed by atoms with Crippen LogP contribution in [0.5, 0.6) is 17.4 Å². The Labute approximate surface area is 211 Å². The fourth-order valence-electron chi connectivity index (χ4n) is 4.79. The molecule has 4 heterocycles. The SMILES string of the molecule is COc1ccc2nccc(N(C)CC3(O)CCC(NCc4cc5c(cn4)OCCO5)CC3)c2n1.Cl. The summed E-state index contributed by atoms with van der Waals surface area (Å²) in [5.41, 5.74) is 2.68. The summed E-state index contributed by atoms with van der Waals surface area (Å²) >= 11 is 0. The molecule has 2 aliphatic rings. The van der Waals surface area contributed by atoms with E-state index in [1.54, 1.807) is 25.6 Å². The molecule has 1 aliphatic carbocycles. The lowest BCUT2D eigenvalue weighted by Crippen LogP contribution is -2.47. The normalized spacial score (nSPS) is 21.3. The molecule has 0 aromatic carbocycles. The largest absolute Gasteiger partial charge is 0.486 e. The van der Waals surface area contributed by atoms with E-state index in [-0.39, 0.29) is 12.4 Å². The van der Waals surface area contributed by atoms with Crippen LogP contribution in [0.3, 0.4) is 0 Å². The van der Waals surface area contributed by atoms with Gasteiger partial charge in [0.2, 0.25) is 5.88 Å². The maximum Gasteiger partial charge on any atom is 0.213 e. The number of hydrogen-bond acceptors (Lipinski definition) is 9. The Morgan fingerprint density at radius 2 is 1.91 bits per heavy atom. The number of anilines is 1. The van der Waals surface area contributed by atoms with E-state index in [1.165, 1.54) is 0 Å². The van der Waals surface area contributed by atoms with Crippen LogP contribution in [0.25, 0.3) is 11.0 Å². The van der Waals surface area contributed by atoms with Crippen molar-refractivity contribution in [2.75, 3.05) is 38.8 Å². The third-order valence-electron chi connectivity index (χ3n) is 6.66. The fraction of sp³-hybridized carbons (Fsp3) is 0.480. The van der Waals surface area contributed by atoms with Crippen LogP contribution >= 0.6 is 12.4 Å². The number of ether oxygens (including phenoxy) is 3. The standard InChI is InChI=1S/C25H31N5O4.ClH/c1-30(20-7-10-26-19-3-4-23(32-2)29-24(19)20)16-25(31)8-5-17(6-9-25)27-14-18-13-21-22(15-28-18)34-12-11-33-21;/h3-4,7,10,13,15,17,27,31H,5-6,8-9,11-12,14,16H2,1-2H3;1H. The number of rotatable bonds is 7. The highest BCUT2D eigenvalue weighted by Crippen LogP contribution is 2.33. The second-order valence-corrected chi connectivity index (χ2v) is 9.11. The fourth-order valence-corrected chi connectivity index (χ4v) is 4.79. The van der Waals surface area contributed by atoms with Gasteiger partial charge in [-0.25, -0.2) is 4.98 Å². The molecule has 0 spiro atoms. The molecule has 3 aromatic heterocycles. The van der Waals surface area contributed by atoms with Gasteiger partial charge in [0.25, 0.3) is 0 Å². The molecule has 1 aliphatic heterocycles. The van der Waals surface area contributed by atoms with Gasteiger partial charge in [-0.3, -0.25) is 9.97 Å². The van der Waals surface area contributed by atoms with Crippen LogP contribution in [-0.4, -0.2) is 65.6 Å². The van der Waals surface area contributed by atoms with Crippen molar-refractivity contribution in [3.05, 3.63) is 42.4 Å². The van der Waals surface area contributed by atoms with Crippen molar-refractivity contribution in [2.24, 2.45) is 0 Å². The van der Waals surface area contributed by atoms with E-state index in [0.29, 0.717) is 44.0 Å². The van der Waals surface area contributed by atoms with Gasteiger partial charge in [0, 0.05) is 44.5 Å². The summed E-state index contributed by atoms with van der Waals surface area (Å²) < 4.78 is 16.5. The molecule has 0 atom stereocenters. The zero-order valence-electron chi connectivity index (χ0n) is 20.1. The highest BCUT2D eigenvalue weighted by atomic mass is 35.5. The van der Waals surface area contributed by atoms with E-state index in [1.807, 2.05) is 25.2 Å². The zero-order valence-corrected chi connectivity index (χ0v) is 20.9. The van der Waals surface area contributed by atoms with Crippen LogP contribution in [0.1, 0.15) is 31.4 Å². The minimum Gasteiger partial charge on any atom is -0.486 e. The molecule has 9 nitrogen and oxygen atoms in total. The topological polar surface area (TPSA) is 102 Å². The smallest absolute Gasteiger partial charge is 0.213 e. The van der Waals surface area contributed by atoms with Crippen molar-refractivity contribution in [1.29, 1.82) is 0 Å². The Bertz CT molecular complexity index is 1160. The van der Waals surface area contributed by atoms with Crippen LogP contribution < -0.4 is 24.4 Å². The van der Waals surface area contributed by atoms with Gasteiger partial charge in [0.15, 0.2) is 11.5 Å². The van der Waals surface area contributed by atoms with E-state index in [0.717, 1.165) is 53.8 Å². The number of aromatic nitrogens is 3. The number of aliphatic hydroxyl groups is 1. The van der Waals surface area contributed by atoms with Crippen LogP contribution in [0.2, 0.25) is 0 Å². The van der Waals surface area contributed by atoms with Gasteiger partial charge in [-0.1, -0.05) is 0 Å². The van der Waals surface area contributed by atoms with Crippen molar-refractivity contribution in [3.8, 4) is 17.4 Å². The summed E-state index contributed by atoms with van der Waals surface area (Å²) in [5, 5.41) is 14.9. The van der Waals surface area contributed by atoms with E-state index in [4.69, 9.17) is 14.2 Å². The summed E-state index contributed by atoms with van der Waals surface area (Å²) in [6.45, 7) is 2.32. The summed E-state index contributed by atoms with van der Waals surface area (Å²) in [6.07, 6.45) is 6.76. The summed E-state index contributed by atoms with van der Waals surface area (Å²) in [5.74, 6) is 2.01. The maximum absolute atomic E-state index is 11.3. The average molecular weight is 502 g/mol. The second-order valence-electron chi connectivity index (χ2n) is 9.11. The van der Waals surface area contributed by atoms with Gasteiger partial charge < -0.3 is 29.5 Å². The highest BCUT2D eigenvalue weighted by molar-refractivity contribution is 5.88. The Hall–Kier alpha value is -2.88. The molecule has 1 fully saturated rings. The second kappa shape index (κ2) is 10.8. The van der Waals surface area contributed by atoms with Crippen LogP contribution in [0.15, 0.2) is 36.7 Å². The molecular formula is C25H32ClN5O4. The van der Waals surface area contributed by atoms with Gasteiger partial charge in [0.1, 0.15) is 18.7 Å². The van der Waals surface area contributed by atoms with Gasteiger partial charge in [0.05, 0.1) is 35.8 Å². The molecule has 0 amide bonds. The molecule has 10 heteroatoms. The number of nitrogens with one attached hydrogen (secondary N) is 1. The first kappa shape index (κ1) is 25.2. The van der Waals surface area contributed by atoms with Crippen molar-refractivity contribution >= 4 is 29.1 Å². The third-order valence-corrected chi connectivity index (χ3v) is 6.66. The minimum absolute atomic E-state index is 0. The Morgan fingerprint density at radius 1 is 1.14 bits per heavy atom. The molecule has 5 rings (SSSR count). The number of pyridine rings is 3. The number of fused-ring (bicyclic) bond motifs is 2. The van der Waals surface area contributed by atoms with E-state index in [2.05, 4.69) is 25.2 Å². The Kier molecular flexibility index (Phi) is 7.78. The number of likely N-dealkylation sites (N-methyl/N-ethyl adjacent to an activating group) is 1. The van der Waals surface area contributed by atoms with Crippen LogP contribution in [0, 0.1) is 0 Å². The van der Waals surface area contributed by atoms with Crippen LogP contribution in [0.4, 0.5) is 5.69 Å². The molecule has 0 radical (unpaired) electrons. The molecule has 2 N–H and O–H groups in total. The highest BCUT2D eigenvalue weighted by Gasteiger charge is 2.34. The Morgan fingerprint density at radius 3 is 2.69 bits per heavy atom. The first-order valence-electron chi connectivity index (χ1n) is 11.7. The molecular weight excluding hydrogens is 470 g/mol. The average Bonchev–Trinajstić information content (AvgIpc) is 2.87. The molecule has 0 bridgehead atoms. The molecule has 3 aromatic rings. The monoisotopic (exact) mass is 501 g/mol. The van der Waals surface area contributed by atoms with Crippen LogP contribution in [-0.2, 0) is 6.54 Å². The minimum atomic E-state index is -0.753. The number of methoxy groups -OCH3 is 1. The van der Waals surface area contributed by atoms with Gasteiger partial charge in [-0.05, 0) is 37.8 Å². The van der Waals surface area contributed by atoms with E-state index < -0.39 is 5.60 Å². The first-order valence-corrected chi connectivity index (χ1v) is 11.7. The summed E-state index contributed by atoms with van der Waals surface area (Å²) in [7, 11) is 3.60. The zero-order chi connectivity index (χ0) is 23.5. The third kappa shape index (κ3) is 5.69. The number of hydrogen-bond donors (Lipinski definition) is 2. The quantitative estimate of drug-likeness (QED) is 0.505.